The minimum atomic E-state index is -0.106. The Labute approximate surface area is 121 Å². The van der Waals surface area contributed by atoms with Crippen molar-refractivity contribution in [1.29, 1.82) is 0 Å². The van der Waals surface area contributed by atoms with Crippen molar-refractivity contribution in [2.45, 2.75) is 31.8 Å². The van der Waals surface area contributed by atoms with E-state index in [1.807, 2.05) is 47.3 Å². The summed E-state index contributed by atoms with van der Waals surface area (Å²) in [4.78, 5) is 2.19. The lowest BCUT2D eigenvalue weighted by Crippen LogP contribution is -2.50. The van der Waals surface area contributed by atoms with Gasteiger partial charge in [-0.25, -0.2) is 4.68 Å². The number of rotatable bonds is 5. The van der Waals surface area contributed by atoms with Crippen LogP contribution in [-0.2, 0) is 0 Å². The molecule has 0 saturated carbocycles. The van der Waals surface area contributed by atoms with Gasteiger partial charge in [0.2, 0.25) is 0 Å². The maximum Gasteiger partial charge on any atom is 0.0655 e. The standard InChI is InChI=1S/C16H24N4/c1-5-16(2,19(3)4)15(17)14-11-12-18-20(14)13-9-7-6-8-10-13/h6-12,15H,5,17H2,1-4H3. The van der Waals surface area contributed by atoms with Gasteiger partial charge in [-0.3, -0.25) is 0 Å². The molecular weight excluding hydrogens is 248 g/mol. The lowest BCUT2D eigenvalue weighted by molar-refractivity contribution is 0.129. The van der Waals surface area contributed by atoms with Gasteiger partial charge in [0.1, 0.15) is 0 Å². The Morgan fingerprint density at radius 2 is 1.90 bits per heavy atom. The summed E-state index contributed by atoms with van der Waals surface area (Å²) in [7, 11) is 4.15. The van der Waals surface area contributed by atoms with Crippen LogP contribution in [0.15, 0.2) is 42.6 Å². The van der Waals surface area contributed by atoms with Crippen LogP contribution in [0.25, 0.3) is 5.69 Å². The molecular formula is C16H24N4. The van der Waals surface area contributed by atoms with E-state index in [1.54, 1.807) is 0 Å². The molecule has 0 aliphatic carbocycles. The molecule has 20 heavy (non-hydrogen) atoms. The second kappa shape index (κ2) is 5.77. The van der Waals surface area contributed by atoms with Crippen LogP contribution in [0.3, 0.4) is 0 Å². The fourth-order valence-corrected chi connectivity index (χ4v) is 2.47. The third-order valence-electron chi connectivity index (χ3n) is 4.40. The monoisotopic (exact) mass is 272 g/mol. The zero-order chi connectivity index (χ0) is 14.8. The fraction of sp³-hybridized carbons (Fsp3) is 0.438. The molecule has 0 aliphatic heterocycles. The van der Waals surface area contributed by atoms with Crippen LogP contribution in [0.4, 0.5) is 0 Å². The number of aromatic nitrogens is 2. The summed E-state index contributed by atoms with van der Waals surface area (Å²) in [5.41, 5.74) is 8.54. The molecule has 1 aromatic heterocycles. The first kappa shape index (κ1) is 14.8. The van der Waals surface area contributed by atoms with E-state index >= 15 is 0 Å². The van der Waals surface area contributed by atoms with Crippen LogP contribution in [0, 0.1) is 0 Å². The van der Waals surface area contributed by atoms with Crippen molar-refractivity contribution in [3.05, 3.63) is 48.3 Å². The normalized spacial score (nSPS) is 16.1. The SMILES string of the molecule is CCC(C)(C(N)c1ccnn1-c1ccccc1)N(C)C. The first-order chi connectivity index (χ1) is 9.50. The van der Waals surface area contributed by atoms with E-state index in [9.17, 15) is 0 Å². The predicted octanol–water partition coefficient (Wildman–Crippen LogP) is 2.60. The zero-order valence-electron chi connectivity index (χ0n) is 12.7. The molecule has 2 N–H and O–H groups in total. The summed E-state index contributed by atoms with van der Waals surface area (Å²) in [6.45, 7) is 4.36. The van der Waals surface area contributed by atoms with Gasteiger partial charge >= 0.3 is 0 Å². The third-order valence-corrected chi connectivity index (χ3v) is 4.40. The summed E-state index contributed by atoms with van der Waals surface area (Å²) in [5, 5.41) is 4.43. The van der Waals surface area contributed by atoms with Gasteiger partial charge in [-0.05, 0) is 45.6 Å². The number of nitrogens with zero attached hydrogens (tertiary/aromatic N) is 3. The summed E-state index contributed by atoms with van der Waals surface area (Å²) < 4.78 is 1.93. The smallest absolute Gasteiger partial charge is 0.0655 e. The van der Waals surface area contributed by atoms with Gasteiger partial charge in [0, 0.05) is 11.7 Å². The molecule has 108 valence electrons. The van der Waals surface area contributed by atoms with Gasteiger partial charge in [0.25, 0.3) is 0 Å². The largest absolute Gasteiger partial charge is 0.321 e. The van der Waals surface area contributed by atoms with Gasteiger partial charge in [0.05, 0.1) is 17.4 Å². The lowest BCUT2D eigenvalue weighted by atomic mass is 9.86. The Hall–Kier alpha value is -1.65. The first-order valence-electron chi connectivity index (χ1n) is 7.03. The number of hydrogen-bond donors (Lipinski definition) is 1. The predicted molar refractivity (Wildman–Crippen MR) is 82.9 cm³/mol. The van der Waals surface area contributed by atoms with Crippen molar-refractivity contribution in [2.24, 2.45) is 5.73 Å². The molecule has 0 spiro atoms. The van der Waals surface area contributed by atoms with Crippen molar-refractivity contribution in [3.63, 3.8) is 0 Å². The third kappa shape index (κ3) is 2.49. The van der Waals surface area contributed by atoms with Crippen molar-refractivity contribution in [1.82, 2.24) is 14.7 Å². The van der Waals surface area contributed by atoms with E-state index in [-0.39, 0.29) is 11.6 Å². The highest BCUT2D eigenvalue weighted by molar-refractivity contribution is 5.33. The summed E-state index contributed by atoms with van der Waals surface area (Å²) in [5.74, 6) is 0. The van der Waals surface area contributed by atoms with Gasteiger partial charge in [-0.1, -0.05) is 25.1 Å². The molecule has 0 saturated heterocycles. The Kier molecular flexibility index (Phi) is 4.26. The van der Waals surface area contributed by atoms with Crippen LogP contribution < -0.4 is 5.73 Å². The van der Waals surface area contributed by atoms with Crippen molar-refractivity contribution in [2.75, 3.05) is 14.1 Å². The van der Waals surface area contributed by atoms with E-state index in [0.29, 0.717) is 0 Å². The molecule has 4 heteroatoms. The lowest BCUT2D eigenvalue weighted by Gasteiger charge is -2.40. The van der Waals surface area contributed by atoms with Gasteiger partial charge < -0.3 is 10.6 Å². The molecule has 1 aromatic carbocycles. The highest BCUT2D eigenvalue weighted by atomic mass is 15.3. The topological polar surface area (TPSA) is 47.1 Å². The quantitative estimate of drug-likeness (QED) is 0.910. The number of hydrogen-bond acceptors (Lipinski definition) is 3. The summed E-state index contributed by atoms with van der Waals surface area (Å²) in [6, 6.07) is 12.0. The van der Waals surface area contributed by atoms with E-state index in [4.69, 9.17) is 5.73 Å². The minimum absolute atomic E-state index is 0.105. The minimum Gasteiger partial charge on any atom is -0.321 e. The molecule has 4 nitrogen and oxygen atoms in total. The Morgan fingerprint density at radius 3 is 2.45 bits per heavy atom. The Bertz CT molecular complexity index is 547. The van der Waals surface area contributed by atoms with Gasteiger partial charge in [0.15, 0.2) is 0 Å². The summed E-state index contributed by atoms with van der Waals surface area (Å²) >= 11 is 0. The second-order valence-corrected chi connectivity index (χ2v) is 5.59. The van der Waals surface area contributed by atoms with Crippen LogP contribution in [0.2, 0.25) is 0 Å². The number of nitrogens with two attached hydrogens (primary N) is 1. The molecule has 2 atom stereocenters. The fourth-order valence-electron chi connectivity index (χ4n) is 2.47. The maximum atomic E-state index is 6.57. The second-order valence-electron chi connectivity index (χ2n) is 5.59. The van der Waals surface area contributed by atoms with E-state index in [2.05, 4.69) is 37.9 Å². The molecule has 0 fully saturated rings. The molecule has 2 unspecified atom stereocenters. The molecule has 2 rings (SSSR count). The highest BCUT2D eigenvalue weighted by Gasteiger charge is 2.35. The zero-order valence-corrected chi connectivity index (χ0v) is 12.7. The van der Waals surface area contributed by atoms with Gasteiger partial charge in [-0.2, -0.15) is 5.10 Å². The summed E-state index contributed by atoms with van der Waals surface area (Å²) in [6.07, 6.45) is 2.79. The van der Waals surface area contributed by atoms with Crippen LogP contribution in [-0.4, -0.2) is 34.3 Å². The molecule has 0 amide bonds. The van der Waals surface area contributed by atoms with Crippen LogP contribution in [0.1, 0.15) is 32.0 Å². The van der Waals surface area contributed by atoms with E-state index in [1.165, 1.54) is 0 Å². The molecule has 0 aliphatic rings. The van der Waals surface area contributed by atoms with Gasteiger partial charge in [-0.15, -0.1) is 0 Å². The average molecular weight is 272 g/mol. The van der Waals surface area contributed by atoms with Crippen LogP contribution >= 0.6 is 0 Å². The number of benzene rings is 1. The van der Waals surface area contributed by atoms with E-state index < -0.39 is 0 Å². The van der Waals surface area contributed by atoms with E-state index in [0.717, 1.165) is 17.8 Å². The number of likely N-dealkylation sites (N-methyl/N-ethyl adjacent to an activating group) is 1. The number of para-hydroxylation sites is 1. The molecule has 1 heterocycles. The molecule has 0 bridgehead atoms. The highest BCUT2D eigenvalue weighted by Crippen LogP contribution is 2.31. The first-order valence-corrected chi connectivity index (χ1v) is 7.03. The maximum absolute atomic E-state index is 6.57. The van der Waals surface area contributed by atoms with Crippen LogP contribution in [0.5, 0.6) is 0 Å². The molecule has 2 aromatic rings. The Balaban J connectivity index is 2.42. The Morgan fingerprint density at radius 1 is 1.25 bits per heavy atom. The molecule has 0 radical (unpaired) electrons. The van der Waals surface area contributed by atoms with Crippen molar-refractivity contribution in [3.8, 4) is 5.69 Å². The van der Waals surface area contributed by atoms with Crippen molar-refractivity contribution >= 4 is 0 Å². The van der Waals surface area contributed by atoms with Crippen molar-refractivity contribution < 1.29 is 0 Å². The average Bonchev–Trinajstić information content (AvgIpc) is 2.95.